The van der Waals surface area contributed by atoms with Crippen molar-refractivity contribution in [1.82, 2.24) is 20.5 Å². The summed E-state index contributed by atoms with van der Waals surface area (Å²) in [4.78, 5) is 26.6. The molecule has 1 aromatic carbocycles. The number of hydrogen-bond acceptors (Lipinski definition) is 8. The van der Waals surface area contributed by atoms with Crippen molar-refractivity contribution in [2.24, 2.45) is 0 Å². The van der Waals surface area contributed by atoms with Crippen LogP contribution in [0.25, 0.3) is 11.5 Å². The lowest BCUT2D eigenvalue weighted by Crippen LogP contribution is -2.28. The molecule has 10 nitrogen and oxygen atoms in total. The number of carbonyl (C=O) groups excluding carboxylic acids is 1. The highest BCUT2D eigenvalue weighted by molar-refractivity contribution is 7.98. The monoisotopic (exact) mass is 400 g/mol. The largest absolute Gasteiger partial charge is 0.411 e. The number of hydrogen-bond donors (Lipinski definition) is 2. The van der Waals surface area contributed by atoms with E-state index in [-0.39, 0.29) is 12.2 Å². The van der Waals surface area contributed by atoms with Crippen molar-refractivity contribution in [3.05, 3.63) is 57.9 Å². The number of nitrogens with one attached hydrogen (secondary N) is 2. The molecule has 11 heteroatoms. The van der Waals surface area contributed by atoms with Crippen LogP contribution in [-0.2, 0) is 6.54 Å². The Morgan fingerprint density at radius 1 is 1.21 bits per heavy atom. The van der Waals surface area contributed by atoms with Gasteiger partial charge in [0, 0.05) is 17.8 Å². The summed E-state index contributed by atoms with van der Waals surface area (Å²) in [6.45, 7) is 2.03. The first-order valence-electron chi connectivity index (χ1n) is 8.10. The minimum absolute atomic E-state index is 0.0448. The smallest absolute Gasteiger partial charge is 0.319 e. The van der Waals surface area contributed by atoms with Crippen molar-refractivity contribution in [3.63, 3.8) is 0 Å². The fraction of sp³-hybridized carbons (Fsp3) is 0.176. The summed E-state index contributed by atoms with van der Waals surface area (Å²) in [5.41, 5.74) is 2.49. The highest BCUT2D eigenvalue weighted by Crippen LogP contribution is 2.24. The fourth-order valence-corrected chi connectivity index (χ4v) is 2.64. The van der Waals surface area contributed by atoms with E-state index in [2.05, 4.69) is 25.8 Å². The van der Waals surface area contributed by atoms with Gasteiger partial charge in [-0.05, 0) is 37.4 Å². The summed E-state index contributed by atoms with van der Waals surface area (Å²) < 4.78 is 5.51. The van der Waals surface area contributed by atoms with Crippen molar-refractivity contribution in [3.8, 4) is 11.5 Å². The molecule has 0 aliphatic heterocycles. The Balaban J connectivity index is 1.58. The molecule has 0 aliphatic carbocycles. The van der Waals surface area contributed by atoms with E-state index >= 15 is 0 Å². The average Bonchev–Trinajstić information content (AvgIpc) is 3.16. The first-order chi connectivity index (χ1) is 13.5. The normalized spacial score (nSPS) is 10.5. The summed E-state index contributed by atoms with van der Waals surface area (Å²) in [6, 6.07) is 8.68. The maximum atomic E-state index is 12.0. The molecule has 2 amide bonds. The van der Waals surface area contributed by atoms with Gasteiger partial charge in [-0.2, -0.15) is 0 Å². The van der Waals surface area contributed by atoms with Crippen LogP contribution in [0.4, 0.5) is 16.2 Å². The van der Waals surface area contributed by atoms with E-state index in [1.54, 1.807) is 6.07 Å². The molecule has 0 atom stereocenters. The topological polar surface area (TPSA) is 136 Å². The van der Waals surface area contributed by atoms with Crippen molar-refractivity contribution < 1.29 is 14.1 Å². The molecule has 3 aromatic rings. The third kappa shape index (κ3) is 4.62. The van der Waals surface area contributed by atoms with Gasteiger partial charge in [0.2, 0.25) is 0 Å². The Bertz CT molecular complexity index is 1010. The quantitative estimate of drug-likeness (QED) is 0.365. The van der Waals surface area contributed by atoms with Gasteiger partial charge >= 0.3 is 6.03 Å². The first kappa shape index (κ1) is 19.3. The van der Waals surface area contributed by atoms with E-state index in [0.717, 1.165) is 5.56 Å². The van der Waals surface area contributed by atoms with E-state index in [1.165, 1.54) is 36.0 Å². The number of nitro groups is 1. The van der Waals surface area contributed by atoms with Crippen molar-refractivity contribution in [2.75, 3.05) is 11.6 Å². The van der Waals surface area contributed by atoms with Crippen LogP contribution in [-0.4, -0.2) is 32.4 Å². The summed E-state index contributed by atoms with van der Waals surface area (Å²) in [6.07, 6.45) is 1.85. The molecule has 0 saturated carbocycles. The zero-order valence-electron chi connectivity index (χ0n) is 15.0. The second-order valence-electron chi connectivity index (χ2n) is 5.62. The van der Waals surface area contributed by atoms with Crippen molar-refractivity contribution in [1.29, 1.82) is 0 Å². The number of aromatic nitrogens is 3. The SMILES string of the molecule is CSc1nnc(-c2ccc(CNC(=O)Nc3ccc([N+](=O)[O-])cc3)nc2C)o1. The number of nitrogens with zero attached hydrogens (tertiary/aromatic N) is 4. The number of carbonyl (C=O) groups is 1. The number of non-ortho nitro benzene ring substituents is 1. The lowest BCUT2D eigenvalue weighted by atomic mass is 10.2. The van der Waals surface area contributed by atoms with E-state index in [4.69, 9.17) is 4.42 Å². The molecule has 3 rings (SSSR count). The van der Waals surface area contributed by atoms with Gasteiger partial charge < -0.3 is 15.1 Å². The molecule has 0 saturated heterocycles. The van der Waals surface area contributed by atoms with Crippen LogP contribution in [0.2, 0.25) is 0 Å². The number of aryl methyl sites for hydroxylation is 1. The molecular formula is C17H16N6O4S. The van der Waals surface area contributed by atoms with Crippen LogP contribution in [0.1, 0.15) is 11.4 Å². The highest BCUT2D eigenvalue weighted by atomic mass is 32.2. The van der Waals surface area contributed by atoms with Crippen LogP contribution >= 0.6 is 11.8 Å². The summed E-state index contributed by atoms with van der Waals surface area (Å²) in [5.74, 6) is 0.393. The number of amides is 2. The first-order valence-corrected chi connectivity index (χ1v) is 9.32. The molecule has 144 valence electrons. The van der Waals surface area contributed by atoms with Gasteiger partial charge in [-0.1, -0.05) is 11.8 Å². The van der Waals surface area contributed by atoms with Crippen LogP contribution in [0.15, 0.2) is 46.0 Å². The Kier molecular flexibility index (Phi) is 5.84. The lowest BCUT2D eigenvalue weighted by Gasteiger charge is -2.08. The number of rotatable bonds is 6. The summed E-state index contributed by atoms with van der Waals surface area (Å²) in [7, 11) is 0. The zero-order valence-corrected chi connectivity index (χ0v) is 15.8. The Hall–Kier alpha value is -3.47. The third-order valence-corrected chi connectivity index (χ3v) is 4.24. The average molecular weight is 400 g/mol. The molecule has 0 fully saturated rings. The molecule has 2 N–H and O–H groups in total. The van der Waals surface area contributed by atoms with Gasteiger partial charge in [0.25, 0.3) is 16.8 Å². The van der Waals surface area contributed by atoms with E-state index in [1.807, 2.05) is 19.2 Å². The fourth-order valence-electron chi connectivity index (χ4n) is 2.35. The highest BCUT2D eigenvalue weighted by Gasteiger charge is 2.12. The van der Waals surface area contributed by atoms with E-state index in [0.29, 0.717) is 28.2 Å². The Morgan fingerprint density at radius 3 is 2.57 bits per heavy atom. The molecular weight excluding hydrogens is 384 g/mol. The third-order valence-electron chi connectivity index (χ3n) is 3.72. The maximum Gasteiger partial charge on any atom is 0.319 e. The minimum Gasteiger partial charge on any atom is -0.411 e. The number of benzene rings is 1. The van der Waals surface area contributed by atoms with Gasteiger partial charge in [-0.15, -0.1) is 10.2 Å². The molecule has 0 radical (unpaired) electrons. The van der Waals surface area contributed by atoms with Crippen molar-refractivity contribution in [2.45, 2.75) is 18.7 Å². The summed E-state index contributed by atoms with van der Waals surface area (Å²) in [5, 5.41) is 24.3. The molecule has 2 aromatic heterocycles. The second kappa shape index (κ2) is 8.48. The number of nitro benzene ring substituents is 1. The van der Waals surface area contributed by atoms with E-state index < -0.39 is 11.0 Å². The summed E-state index contributed by atoms with van der Waals surface area (Å²) >= 11 is 1.36. The molecule has 28 heavy (non-hydrogen) atoms. The predicted molar refractivity (Wildman–Crippen MR) is 103 cm³/mol. The van der Waals surface area contributed by atoms with Crippen molar-refractivity contribution >= 4 is 29.2 Å². The van der Waals surface area contributed by atoms with Crippen LogP contribution in [0.5, 0.6) is 0 Å². The van der Waals surface area contributed by atoms with Crippen LogP contribution in [0, 0.1) is 17.0 Å². The molecule has 0 aliphatic rings. The standard InChI is InChI=1S/C17H16N6O4S/c1-10-14(15-21-22-17(27-15)28-2)8-5-12(19-10)9-18-16(24)20-11-3-6-13(7-4-11)23(25)26/h3-8H,9H2,1-2H3,(H2,18,20,24). The molecule has 0 unspecified atom stereocenters. The maximum absolute atomic E-state index is 12.0. The molecule has 2 heterocycles. The number of anilines is 1. The minimum atomic E-state index is -0.502. The van der Waals surface area contributed by atoms with Gasteiger partial charge in [-0.3, -0.25) is 15.1 Å². The Morgan fingerprint density at radius 2 is 1.96 bits per heavy atom. The second-order valence-corrected chi connectivity index (χ2v) is 6.38. The van der Waals surface area contributed by atoms with Gasteiger partial charge in [0.05, 0.1) is 28.4 Å². The van der Waals surface area contributed by atoms with Gasteiger partial charge in [0.15, 0.2) is 0 Å². The zero-order chi connectivity index (χ0) is 20.1. The number of pyridine rings is 1. The Labute approximate surface area is 163 Å². The molecule has 0 spiro atoms. The predicted octanol–water partition coefficient (Wildman–Crippen LogP) is 3.39. The van der Waals surface area contributed by atoms with E-state index in [9.17, 15) is 14.9 Å². The lowest BCUT2D eigenvalue weighted by molar-refractivity contribution is -0.384. The molecule has 0 bridgehead atoms. The van der Waals surface area contributed by atoms with Crippen LogP contribution in [0.3, 0.4) is 0 Å². The van der Waals surface area contributed by atoms with Crippen LogP contribution < -0.4 is 10.6 Å². The van der Waals surface area contributed by atoms with Gasteiger partial charge in [-0.25, -0.2) is 4.79 Å². The number of urea groups is 1. The number of thioether (sulfide) groups is 1. The van der Waals surface area contributed by atoms with Gasteiger partial charge in [0.1, 0.15) is 0 Å².